The standard InChI is InChI=1S/C23H16F3NO4/c24-23(25,26)31-17-9-10-20-18(12-17)19(13-21(28)29)22(27-20)14-5-4-8-16(11-14)30-15-6-2-1-3-7-15/h1-12,27H,13H2,(H,28,29). The Morgan fingerprint density at radius 3 is 2.35 bits per heavy atom. The third kappa shape index (κ3) is 4.80. The minimum atomic E-state index is -4.84. The summed E-state index contributed by atoms with van der Waals surface area (Å²) in [5, 5.41) is 9.71. The average Bonchev–Trinajstić information content (AvgIpc) is 3.05. The summed E-state index contributed by atoms with van der Waals surface area (Å²) in [5.41, 5.74) is 1.97. The Bertz CT molecular complexity index is 1230. The number of aromatic amines is 1. The number of hydrogen-bond donors (Lipinski definition) is 2. The number of carboxylic acid groups (broad SMARTS) is 1. The van der Waals surface area contributed by atoms with E-state index in [-0.39, 0.29) is 6.42 Å². The van der Waals surface area contributed by atoms with Crippen LogP contribution in [0.3, 0.4) is 0 Å². The fourth-order valence-electron chi connectivity index (χ4n) is 3.34. The second kappa shape index (κ2) is 8.06. The van der Waals surface area contributed by atoms with Crippen molar-refractivity contribution >= 4 is 16.9 Å². The molecule has 0 aliphatic rings. The number of aromatic nitrogens is 1. The number of fused-ring (bicyclic) bond motifs is 1. The van der Waals surface area contributed by atoms with Crippen molar-refractivity contribution in [2.45, 2.75) is 12.8 Å². The van der Waals surface area contributed by atoms with Crippen LogP contribution >= 0.6 is 0 Å². The van der Waals surface area contributed by atoms with Crippen molar-refractivity contribution in [1.29, 1.82) is 0 Å². The SMILES string of the molecule is O=C(O)Cc1c(-c2cccc(Oc3ccccc3)c2)[nH]c2ccc(OC(F)(F)F)cc12. The van der Waals surface area contributed by atoms with Gasteiger partial charge in [-0.3, -0.25) is 4.79 Å². The van der Waals surface area contributed by atoms with E-state index < -0.39 is 18.1 Å². The first kappa shape index (κ1) is 20.3. The highest BCUT2D eigenvalue weighted by atomic mass is 19.4. The van der Waals surface area contributed by atoms with Crippen LogP contribution in [0.25, 0.3) is 22.2 Å². The zero-order valence-electron chi connectivity index (χ0n) is 15.9. The highest BCUT2D eigenvalue weighted by Crippen LogP contribution is 2.36. The quantitative estimate of drug-likeness (QED) is 0.387. The molecule has 158 valence electrons. The van der Waals surface area contributed by atoms with Gasteiger partial charge in [0.2, 0.25) is 0 Å². The first-order valence-electron chi connectivity index (χ1n) is 9.24. The average molecular weight is 427 g/mol. The van der Waals surface area contributed by atoms with Gasteiger partial charge in [-0.15, -0.1) is 13.2 Å². The minimum absolute atomic E-state index is 0.341. The first-order chi connectivity index (χ1) is 14.8. The van der Waals surface area contributed by atoms with Crippen LogP contribution in [0.4, 0.5) is 13.2 Å². The Morgan fingerprint density at radius 2 is 1.65 bits per heavy atom. The number of carbonyl (C=O) groups is 1. The van der Waals surface area contributed by atoms with Gasteiger partial charge in [0.15, 0.2) is 0 Å². The topological polar surface area (TPSA) is 71.5 Å². The molecule has 2 N–H and O–H groups in total. The van der Waals surface area contributed by atoms with Gasteiger partial charge in [0.05, 0.1) is 12.1 Å². The van der Waals surface area contributed by atoms with E-state index in [1.807, 2.05) is 18.2 Å². The van der Waals surface area contributed by atoms with E-state index in [2.05, 4.69) is 9.72 Å². The molecule has 3 aromatic carbocycles. The van der Waals surface area contributed by atoms with E-state index in [0.29, 0.717) is 39.2 Å². The van der Waals surface area contributed by atoms with Crippen LogP contribution in [-0.4, -0.2) is 22.4 Å². The van der Waals surface area contributed by atoms with Crippen molar-refractivity contribution in [2.75, 3.05) is 0 Å². The Balaban J connectivity index is 1.77. The number of hydrogen-bond acceptors (Lipinski definition) is 3. The monoisotopic (exact) mass is 427 g/mol. The summed E-state index contributed by atoms with van der Waals surface area (Å²) < 4.78 is 47.6. The molecule has 0 aliphatic heterocycles. The van der Waals surface area contributed by atoms with Crippen LogP contribution in [0.1, 0.15) is 5.56 Å². The molecule has 0 radical (unpaired) electrons. The minimum Gasteiger partial charge on any atom is -0.481 e. The number of benzene rings is 3. The van der Waals surface area contributed by atoms with E-state index in [0.717, 1.165) is 0 Å². The molecular weight excluding hydrogens is 411 g/mol. The summed E-state index contributed by atoms with van der Waals surface area (Å²) in [5.74, 6) is -0.361. The van der Waals surface area contributed by atoms with Crippen molar-refractivity contribution in [3.63, 3.8) is 0 Å². The summed E-state index contributed by atoms with van der Waals surface area (Å²) in [4.78, 5) is 14.6. The van der Waals surface area contributed by atoms with Gasteiger partial charge in [-0.05, 0) is 48.0 Å². The molecule has 1 aromatic heterocycles. The third-order valence-corrected chi connectivity index (χ3v) is 4.54. The van der Waals surface area contributed by atoms with Gasteiger partial charge in [0.25, 0.3) is 0 Å². The zero-order valence-corrected chi connectivity index (χ0v) is 15.9. The number of ether oxygens (including phenoxy) is 2. The Morgan fingerprint density at radius 1 is 0.903 bits per heavy atom. The fraction of sp³-hybridized carbons (Fsp3) is 0.0870. The number of rotatable bonds is 6. The Kier molecular flexibility index (Phi) is 5.29. The molecule has 0 spiro atoms. The smallest absolute Gasteiger partial charge is 0.481 e. The summed E-state index contributed by atoms with van der Waals surface area (Å²) in [7, 11) is 0. The molecule has 0 unspecified atom stereocenters. The van der Waals surface area contributed by atoms with Gasteiger partial charge in [-0.25, -0.2) is 0 Å². The molecule has 4 aromatic rings. The number of alkyl halides is 3. The molecule has 4 rings (SSSR count). The summed E-state index contributed by atoms with van der Waals surface area (Å²) in [6.07, 6.45) is -5.22. The van der Waals surface area contributed by atoms with Gasteiger partial charge < -0.3 is 19.6 Å². The van der Waals surface area contributed by atoms with Crippen molar-refractivity contribution in [2.24, 2.45) is 0 Å². The van der Waals surface area contributed by atoms with Crippen molar-refractivity contribution < 1.29 is 32.5 Å². The molecule has 0 amide bonds. The van der Waals surface area contributed by atoms with Crippen molar-refractivity contribution in [1.82, 2.24) is 4.98 Å². The number of H-pyrrole nitrogens is 1. The summed E-state index contributed by atoms with van der Waals surface area (Å²) >= 11 is 0. The van der Waals surface area contributed by atoms with Crippen molar-refractivity contribution in [3.05, 3.63) is 78.4 Å². The number of nitrogens with one attached hydrogen (secondary N) is 1. The number of carboxylic acids is 1. The van der Waals surface area contributed by atoms with Crippen LogP contribution < -0.4 is 9.47 Å². The number of para-hydroxylation sites is 1. The maximum Gasteiger partial charge on any atom is 0.573 e. The number of halogens is 3. The van der Waals surface area contributed by atoms with Gasteiger partial charge in [-0.2, -0.15) is 0 Å². The fourth-order valence-corrected chi connectivity index (χ4v) is 3.34. The maximum atomic E-state index is 12.6. The number of aliphatic carboxylic acids is 1. The summed E-state index contributed by atoms with van der Waals surface area (Å²) in [6.45, 7) is 0. The van der Waals surface area contributed by atoms with Gasteiger partial charge in [0, 0.05) is 16.5 Å². The lowest BCUT2D eigenvalue weighted by Gasteiger charge is -2.09. The maximum absolute atomic E-state index is 12.6. The molecule has 0 fully saturated rings. The molecule has 5 nitrogen and oxygen atoms in total. The summed E-state index contributed by atoms with van der Waals surface area (Å²) in [6, 6.07) is 19.9. The lowest BCUT2D eigenvalue weighted by molar-refractivity contribution is -0.274. The third-order valence-electron chi connectivity index (χ3n) is 4.54. The largest absolute Gasteiger partial charge is 0.573 e. The Hall–Kier alpha value is -3.94. The zero-order chi connectivity index (χ0) is 22.0. The lowest BCUT2D eigenvalue weighted by Crippen LogP contribution is -2.17. The second-order valence-electron chi connectivity index (χ2n) is 6.75. The molecule has 0 bridgehead atoms. The molecule has 0 atom stereocenters. The predicted molar refractivity (Wildman–Crippen MR) is 108 cm³/mol. The van der Waals surface area contributed by atoms with E-state index in [4.69, 9.17) is 4.74 Å². The molecular formula is C23H16F3NO4. The molecule has 0 aliphatic carbocycles. The van der Waals surface area contributed by atoms with Crippen LogP contribution in [0.15, 0.2) is 72.8 Å². The highest BCUT2D eigenvalue weighted by Gasteiger charge is 2.31. The predicted octanol–water partition coefficient (Wildman–Crippen LogP) is 6.15. The van der Waals surface area contributed by atoms with Crippen LogP contribution in [0, 0.1) is 0 Å². The molecule has 0 saturated heterocycles. The molecule has 31 heavy (non-hydrogen) atoms. The van der Waals surface area contributed by atoms with Crippen LogP contribution in [0.5, 0.6) is 17.2 Å². The van der Waals surface area contributed by atoms with Gasteiger partial charge >= 0.3 is 12.3 Å². The first-order valence-corrected chi connectivity index (χ1v) is 9.24. The van der Waals surface area contributed by atoms with Crippen molar-refractivity contribution in [3.8, 4) is 28.5 Å². The molecule has 0 saturated carbocycles. The lowest BCUT2D eigenvalue weighted by atomic mass is 10.0. The van der Waals surface area contributed by atoms with E-state index >= 15 is 0 Å². The Labute approximate surface area is 174 Å². The normalized spacial score (nSPS) is 11.5. The van der Waals surface area contributed by atoms with Gasteiger partial charge in [-0.1, -0.05) is 30.3 Å². The van der Waals surface area contributed by atoms with Crippen LogP contribution in [0.2, 0.25) is 0 Å². The second-order valence-corrected chi connectivity index (χ2v) is 6.75. The highest BCUT2D eigenvalue weighted by molar-refractivity contribution is 5.94. The van der Waals surface area contributed by atoms with E-state index in [9.17, 15) is 23.1 Å². The van der Waals surface area contributed by atoms with E-state index in [1.54, 1.807) is 36.4 Å². The molecule has 8 heteroatoms. The van der Waals surface area contributed by atoms with Gasteiger partial charge in [0.1, 0.15) is 17.2 Å². The molecule has 1 heterocycles. The van der Waals surface area contributed by atoms with E-state index in [1.165, 1.54) is 18.2 Å². The van der Waals surface area contributed by atoms with Crippen LogP contribution in [-0.2, 0) is 11.2 Å².